The van der Waals surface area contributed by atoms with E-state index in [4.69, 9.17) is 4.74 Å². The third kappa shape index (κ3) is 4.77. The number of ether oxygens (including phenoxy) is 1. The van der Waals surface area contributed by atoms with Crippen LogP contribution in [0.25, 0.3) is 10.6 Å². The molecule has 0 radical (unpaired) electrons. The average Bonchev–Trinajstić information content (AvgIpc) is 3.41. The minimum atomic E-state index is -0.150. The summed E-state index contributed by atoms with van der Waals surface area (Å²) in [6.07, 6.45) is 0. The second kappa shape index (κ2) is 9.23. The van der Waals surface area contributed by atoms with Gasteiger partial charge in [-0.1, -0.05) is 6.07 Å². The number of aromatic nitrogens is 4. The van der Waals surface area contributed by atoms with E-state index in [-0.39, 0.29) is 5.91 Å². The van der Waals surface area contributed by atoms with Gasteiger partial charge in [0.25, 0.3) is 5.91 Å². The Morgan fingerprint density at radius 2 is 2.07 bits per heavy atom. The lowest BCUT2D eigenvalue weighted by Crippen LogP contribution is -2.37. The Bertz CT molecular complexity index is 997. The predicted octanol–water partition coefficient (Wildman–Crippen LogP) is 1.93. The molecule has 4 heterocycles. The van der Waals surface area contributed by atoms with Crippen molar-refractivity contribution >= 4 is 28.9 Å². The van der Waals surface area contributed by atoms with Crippen molar-refractivity contribution in [3.8, 4) is 10.6 Å². The van der Waals surface area contributed by atoms with Crippen LogP contribution in [-0.2, 0) is 11.8 Å². The Balaban J connectivity index is 1.31. The largest absolute Gasteiger partial charge is 0.378 e. The zero-order chi connectivity index (χ0) is 20.9. The average molecular weight is 428 g/mol. The molecular weight excluding hydrogens is 402 g/mol. The molecule has 1 aliphatic heterocycles. The first-order valence-corrected chi connectivity index (χ1v) is 10.8. The van der Waals surface area contributed by atoms with Crippen molar-refractivity contribution in [1.29, 1.82) is 0 Å². The molecule has 1 saturated heterocycles. The van der Waals surface area contributed by atoms with Crippen LogP contribution in [0, 0.1) is 6.92 Å². The van der Waals surface area contributed by atoms with Crippen LogP contribution in [0.3, 0.4) is 0 Å². The number of carbonyl (C=O) groups excluding carboxylic acids is 1. The number of carbonyl (C=O) groups is 1. The number of aryl methyl sites for hydroxylation is 2. The SMILES string of the molecule is Cc1nc(NCCNC(=O)c2cc(-c3cccs3)nn2C)cc(N2CCOCC2)n1. The lowest BCUT2D eigenvalue weighted by Gasteiger charge is -2.28. The minimum Gasteiger partial charge on any atom is -0.378 e. The standard InChI is InChI=1S/C20H25N7O2S/c1-14-23-18(13-19(24-14)27-7-9-29-10-8-27)21-5-6-22-20(28)16-12-15(25-26(16)2)17-4-3-11-30-17/h3-4,11-13H,5-10H2,1-2H3,(H,22,28)(H,21,23,24). The molecule has 3 aromatic rings. The maximum atomic E-state index is 12.5. The number of nitrogens with zero attached hydrogens (tertiary/aromatic N) is 5. The van der Waals surface area contributed by atoms with Crippen LogP contribution in [0.1, 0.15) is 16.3 Å². The second-order valence-corrected chi connectivity index (χ2v) is 7.90. The van der Waals surface area contributed by atoms with Gasteiger partial charge in [-0.15, -0.1) is 11.3 Å². The molecule has 3 aromatic heterocycles. The lowest BCUT2D eigenvalue weighted by atomic mass is 10.3. The quantitative estimate of drug-likeness (QED) is 0.556. The number of hydrogen-bond donors (Lipinski definition) is 2. The van der Waals surface area contributed by atoms with E-state index in [1.807, 2.05) is 36.6 Å². The van der Waals surface area contributed by atoms with Crippen molar-refractivity contribution in [3.05, 3.63) is 41.2 Å². The van der Waals surface area contributed by atoms with E-state index in [1.54, 1.807) is 23.1 Å². The summed E-state index contributed by atoms with van der Waals surface area (Å²) >= 11 is 1.60. The first-order chi connectivity index (χ1) is 14.6. The van der Waals surface area contributed by atoms with Gasteiger partial charge in [-0.2, -0.15) is 5.10 Å². The molecule has 0 aliphatic carbocycles. The van der Waals surface area contributed by atoms with Gasteiger partial charge in [0, 0.05) is 39.3 Å². The van der Waals surface area contributed by atoms with Crippen LogP contribution >= 0.6 is 11.3 Å². The normalized spacial score (nSPS) is 14.0. The molecule has 0 spiro atoms. The lowest BCUT2D eigenvalue weighted by molar-refractivity contribution is 0.0945. The highest BCUT2D eigenvalue weighted by atomic mass is 32.1. The minimum absolute atomic E-state index is 0.150. The van der Waals surface area contributed by atoms with E-state index < -0.39 is 0 Å². The Labute approximate surface area is 179 Å². The van der Waals surface area contributed by atoms with Crippen LogP contribution < -0.4 is 15.5 Å². The molecule has 4 rings (SSSR count). The van der Waals surface area contributed by atoms with E-state index in [0.29, 0.717) is 37.8 Å². The molecule has 1 amide bonds. The molecule has 1 aliphatic rings. The number of morpholine rings is 1. The van der Waals surface area contributed by atoms with Crippen LogP contribution in [-0.4, -0.2) is 65.0 Å². The molecule has 0 saturated carbocycles. The molecule has 1 fully saturated rings. The molecular formula is C20H25N7O2S. The molecule has 0 unspecified atom stereocenters. The van der Waals surface area contributed by atoms with Gasteiger partial charge in [0.15, 0.2) is 0 Å². The molecule has 30 heavy (non-hydrogen) atoms. The topological polar surface area (TPSA) is 97.2 Å². The van der Waals surface area contributed by atoms with Crippen molar-refractivity contribution in [2.75, 3.05) is 49.6 Å². The van der Waals surface area contributed by atoms with E-state index in [0.717, 1.165) is 35.3 Å². The maximum absolute atomic E-state index is 12.5. The number of amides is 1. The number of rotatable bonds is 7. The highest BCUT2D eigenvalue weighted by Gasteiger charge is 2.15. The molecule has 0 atom stereocenters. The molecule has 10 heteroatoms. The van der Waals surface area contributed by atoms with E-state index in [9.17, 15) is 4.79 Å². The van der Waals surface area contributed by atoms with Crippen LogP contribution in [0.2, 0.25) is 0 Å². The fourth-order valence-electron chi connectivity index (χ4n) is 3.28. The first-order valence-electron chi connectivity index (χ1n) is 9.88. The molecule has 0 aromatic carbocycles. The van der Waals surface area contributed by atoms with Crippen molar-refractivity contribution < 1.29 is 9.53 Å². The number of nitrogens with one attached hydrogen (secondary N) is 2. The van der Waals surface area contributed by atoms with Gasteiger partial charge in [-0.25, -0.2) is 9.97 Å². The third-order valence-electron chi connectivity index (χ3n) is 4.76. The fourth-order valence-corrected chi connectivity index (χ4v) is 3.96. The fraction of sp³-hybridized carbons (Fsp3) is 0.400. The number of anilines is 2. The highest BCUT2D eigenvalue weighted by molar-refractivity contribution is 7.13. The van der Waals surface area contributed by atoms with E-state index >= 15 is 0 Å². The van der Waals surface area contributed by atoms with Crippen LogP contribution in [0.5, 0.6) is 0 Å². The summed E-state index contributed by atoms with van der Waals surface area (Å²) in [5.74, 6) is 2.20. The van der Waals surface area contributed by atoms with Gasteiger partial charge < -0.3 is 20.3 Å². The Morgan fingerprint density at radius 3 is 2.83 bits per heavy atom. The monoisotopic (exact) mass is 427 g/mol. The van der Waals surface area contributed by atoms with Gasteiger partial charge in [0.1, 0.15) is 28.8 Å². The summed E-state index contributed by atoms with van der Waals surface area (Å²) in [4.78, 5) is 24.7. The highest BCUT2D eigenvalue weighted by Crippen LogP contribution is 2.23. The van der Waals surface area contributed by atoms with Crippen molar-refractivity contribution in [2.45, 2.75) is 6.92 Å². The third-order valence-corrected chi connectivity index (χ3v) is 5.65. The smallest absolute Gasteiger partial charge is 0.269 e. The number of hydrogen-bond acceptors (Lipinski definition) is 8. The summed E-state index contributed by atoms with van der Waals surface area (Å²) in [5.41, 5.74) is 1.34. The van der Waals surface area contributed by atoms with Crippen molar-refractivity contribution in [2.24, 2.45) is 7.05 Å². The summed E-state index contributed by atoms with van der Waals surface area (Å²) in [7, 11) is 1.78. The van der Waals surface area contributed by atoms with Gasteiger partial charge in [-0.05, 0) is 24.4 Å². The zero-order valence-electron chi connectivity index (χ0n) is 17.1. The first kappa shape index (κ1) is 20.3. The van der Waals surface area contributed by atoms with Crippen LogP contribution in [0.4, 0.5) is 11.6 Å². The van der Waals surface area contributed by atoms with Crippen molar-refractivity contribution in [3.63, 3.8) is 0 Å². The Hall–Kier alpha value is -2.98. The Kier molecular flexibility index (Phi) is 6.24. The second-order valence-electron chi connectivity index (χ2n) is 6.96. The van der Waals surface area contributed by atoms with E-state index in [2.05, 4.69) is 30.6 Å². The molecule has 0 bridgehead atoms. The van der Waals surface area contributed by atoms with Gasteiger partial charge in [0.2, 0.25) is 0 Å². The van der Waals surface area contributed by atoms with Crippen molar-refractivity contribution in [1.82, 2.24) is 25.1 Å². The molecule has 9 nitrogen and oxygen atoms in total. The summed E-state index contributed by atoms with van der Waals surface area (Å²) < 4.78 is 7.02. The maximum Gasteiger partial charge on any atom is 0.269 e. The number of thiophene rings is 1. The summed E-state index contributed by atoms with van der Waals surface area (Å²) in [5, 5.41) is 12.6. The van der Waals surface area contributed by atoms with E-state index in [1.165, 1.54) is 0 Å². The molecule has 158 valence electrons. The van der Waals surface area contributed by atoms with Gasteiger partial charge >= 0.3 is 0 Å². The predicted molar refractivity (Wildman–Crippen MR) is 117 cm³/mol. The zero-order valence-corrected chi connectivity index (χ0v) is 17.9. The van der Waals surface area contributed by atoms with Gasteiger partial charge in [-0.3, -0.25) is 9.48 Å². The van der Waals surface area contributed by atoms with Crippen LogP contribution in [0.15, 0.2) is 29.6 Å². The summed E-state index contributed by atoms with van der Waals surface area (Å²) in [6.45, 7) is 5.97. The molecule has 2 N–H and O–H groups in total. The summed E-state index contributed by atoms with van der Waals surface area (Å²) in [6, 6.07) is 7.72. The Morgan fingerprint density at radius 1 is 1.23 bits per heavy atom. The van der Waals surface area contributed by atoms with Gasteiger partial charge in [0.05, 0.1) is 18.1 Å².